The molecule has 1 fully saturated rings. The maximum atomic E-state index is 13.2. The van der Waals surface area contributed by atoms with Crippen molar-refractivity contribution < 1.29 is 12.8 Å². The molecule has 2 rings (SSSR count). The van der Waals surface area contributed by atoms with E-state index in [0.717, 1.165) is 38.2 Å². The van der Waals surface area contributed by atoms with E-state index in [1.807, 2.05) is 0 Å². The predicted octanol–water partition coefficient (Wildman–Crippen LogP) is 1.23. The second-order valence-electron chi connectivity index (χ2n) is 5.01. The highest BCUT2D eigenvalue weighted by Gasteiger charge is 2.27. The Balaban J connectivity index is 2.16. The largest absolute Gasteiger partial charge is 0.316 e. The molecule has 5 nitrogen and oxygen atoms in total. The second-order valence-corrected chi connectivity index (χ2v) is 6.94. The number of rotatable bonds is 5. The number of hydrogen-bond donors (Lipinski definition) is 1. The number of pyridine rings is 1. The third-order valence-corrected chi connectivity index (χ3v) is 5.44. The molecule has 1 aliphatic rings. The van der Waals surface area contributed by atoms with Crippen LogP contribution in [0.1, 0.15) is 19.8 Å². The molecule has 1 atom stereocenters. The number of aromatic nitrogens is 1. The molecule has 0 bridgehead atoms. The van der Waals surface area contributed by atoms with Gasteiger partial charge in [-0.05, 0) is 37.9 Å². The van der Waals surface area contributed by atoms with Gasteiger partial charge in [-0.15, -0.1) is 0 Å². The number of nitrogens with zero attached hydrogens (tertiary/aromatic N) is 2. The zero-order chi connectivity index (χ0) is 14.6. The topological polar surface area (TPSA) is 62.3 Å². The molecule has 7 heteroatoms. The Hall–Kier alpha value is -1.05. The van der Waals surface area contributed by atoms with Crippen molar-refractivity contribution in [2.24, 2.45) is 5.92 Å². The molecule has 0 amide bonds. The van der Waals surface area contributed by atoms with E-state index in [-0.39, 0.29) is 4.90 Å². The lowest BCUT2D eigenvalue weighted by molar-refractivity contribution is 0.297. The van der Waals surface area contributed by atoms with Crippen molar-refractivity contribution in [1.82, 2.24) is 14.6 Å². The summed E-state index contributed by atoms with van der Waals surface area (Å²) in [7, 11) is -3.67. The Morgan fingerprint density at radius 2 is 2.30 bits per heavy atom. The van der Waals surface area contributed by atoms with Crippen LogP contribution < -0.4 is 5.32 Å². The van der Waals surface area contributed by atoms with E-state index in [4.69, 9.17) is 0 Å². The fraction of sp³-hybridized carbons (Fsp3) is 0.615. The molecule has 0 spiro atoms. The molecule has 2 heterocycles. The molecule has 1 aliphatic heterocycles. The normalized spacial score (nSPS) is 20.2. The van der Waals surface area contributed by atoms with E-state index in [9.17, 15) is 12.8 Å². The van der Waals surface area contributed by atoms with Gasteiger partial charge >= 0.3 is 0 Å². The van der Waals surface area contributed by atoms with Crippen molar-refractivity contribution in [2.45, 2.75) is 24.7 Å². The molecule has 20 heavy (non-hydrogen) atoms. The van der Waals surface area contributed by atoms with Gasteiger partial charge in [0, 0.05) is 19.3 Å². The summed E-state index contributed by atoms with van der Waals surface area (Å²) in [4.78, 5) is 3.54. The van der Waals surface area contributed by atoms with E-state index >= 15 is 0 Å². The van der Waals surface area contributed by atoms with Gasteiger partial charge in [0.05, 0.1) is 6.20 Å². The first-order valence-electron chi connectivity index (χ1n) is 6.85. The minimum atomic E-state index is -3.67. The highest BCUT2D eigenvalue weighted by molar-refractivity contribution is 7.89. The van der Waals surface area contributed by atoms with Gasteiger partial charge in [-0.25, -0.2) is 12.8 Å². The summed E-state index contributed by atoms with van der Waals surface area (Å²) in [5.74, 6) is -0.332. The van der Waals surface area contributed by atoms with Crippen LogP contribution in [0.3, 0.4) is 0 Å². The van der Waals surface area contributed by atoms with E-state index in [2.05, 4.69) is 10.3 Å². The van der Waals surface area contributed by atoms with Crippen molar-refractivity contribution in [3.05, 3.63) is 24.3 Å². The predicted molar refractivity (Wildman–Crippen MR) is 74.2 cm³/mol. The van der Waals surface area contributed by atoms with Gasteiger partial charge in [0.2, 0.25) is 10.0 Å². The third-order valence-electron chi connectivity index (χ3n) is 3.53. The van der Waals surface area contributed by atoms with Crippen LogP contribution >= 0.6 is 0 Å². The maximum Gasteiger partial charge on any atom is 0.244 e. The number of nitrogens with one attached hydrogen (secondary N) is 1. The van der Waals surface area contributed by atoms with Crippen LogP contribution in [-0.2, 0) is 10.0 Å². The van der Waals surface area contributed by atoms with Crippen molar-refractivity contribution in [3.63, 3.8) is 0 Å². The van der Waals surface area contributed by atoms with Gasteiger partial charge in [-0.3, -0.25) is 4.98 Å². The molecule has 0 aromatic carbocycles. The lowest BCUT2D eigenvalue weighted by atomic mass is 10.00. The molecule has 0 radical (unpaired) electrons. The first-order chi connectivity index (χ1) is 9.54. The Kier molecular flexibility index (Phi) is 5.06. The first kappa shape index (κ1) is 15.3. The number of piperidine rings is 1. The van der Waals surface area contributed by atoms with E-state index in [1.54, 1.807) is 6.92 Å². The zero-order valence-corrected chi connectivity index (χ0v) is 12.4. The van der Waals surface area contributed by atoms with Gasteiger partial charge in [0.25, 0.3) is 0 Å². The molecule has 0 saturated carbocycles. The molecular formula is C13H20FN3O2S. The SMILES string of the molecule is CCN(CC1CCCNC1)S(=O)(=O)c1cncc(F)c1. The van der Waals surface area contributed by atoms with E-state index < -0.39 is 15.8 Å². The average Bonchev–Trinajstić information content (AvgIpc) is 2.45. The van der Waals surface area contributed by atoms with Crippen LogP contribution in [0, 0.1) is 11.7 Å². The molecule has 1 unspecified atom stereocenters. The fourth-order valence-electron chi connectivity index (χ4n) is 2.45. The van der Waals surface area contributed by atoms with Crippen LogP contribution in [0.4, 0.5) is 4.39 Å². The number of halogens is 1. The molecule has 1 saturated heterocycles. The summed E-state index contributed by atoms with van der Waals surface area (Å²) >= 11 is 0. The Morgan fingerprint density at radius 3 is 2.90 bits per heavy atom. The van der Waals surface area contributed by atoms with Gasteiger partial charge in [0.1, 0.15) is 10.7 Å². The summed E-state index contributed by atoms with van der Waals surface area (Å²) in [6, 6.07) is 1.02. The molecular weight excluding hydrogens is 281 g/mol. The van der Waals surface area contributed by atoms with Gasteiger partial charge in [-0.1, -0.05) is 6.92 Å². The van der Waals surface area contributed by atoms with E-state index in [0.29, 0.717) is 19.0 Å². The quantitative estimate of drug-likeness (QED) is 0.888. The van der Waals surface area contributed by atoms with Crippen LogP contribution in [0.25, 0.3) is 0 Å². The highest BCUT2D eigenvalue weighted by Crippen LogP contribution is 2.19. The summed E-state index contributed by atoms with van der Waals surface area (Å²) in [5, 5.41) is 3.27. The summed E-state index contributed by atoms with van der Waals surface area (Å²) in [6.45, 7) is 4.44. The van der Waals surface area contributed by atoms with Crippen LogP contribution in [0.5, 0.6) is 0 Å². The first-order valence-corrected chi connectivity index (χ1v) is 8.29. The smallest absolute Gasteiger partial charge is 0.244 e. The van der Waals surface area contributed by atoms with Crippen LogP contribution in [-0.4, -0.2) is 43.9 Å². The third kappa shape index (κ3) is 3.53. The summed E-state index contributed by atoms with van der Waals surface area (Å²) < 4.78 is 39.5. The standard InChI is InChI=1S/C13H20FN3O2S/c1-2-17(10-11-4-3-5-15-7-11)20(18,19)13-6-12(14)8-16-9-13/h6,8-9,11,15H,2-5,7,10H2,1H3. The van der Waals surface area contributed by atoms with Crippen molar-refractivity contribution in [2.75, 3.05) is 26.2 Å². The Morgan fingerprint density at radius 1 is 1.50 bits per heavy atom. The van der Waals surface area contributed by atoms with Gasteiger partial charge in [0.15, 0.2) is 0 Å². The minimum absolute atomic E-state index is 0.0804. The minimum Gasteiger partial charge on any atom is -0.316 e. The average molecular weight is 301 g/mol. The maximum absolute atomic E-state index is 13.2. The number of hydrogen-bond acceptors (Lipinski definition) is 4. The molecule has 1 N–H and O–H groups in total. The summed E-state index contributed by atoms with van der Waals surface area (Å²) in [6.07, 6.45) is 4.27. The van der Waals surface area contributed by atoms with Crippen LogP contribution in [0.15, 0.2) is 23.4 Å². The second kappa shape index (κ2) is 6.60. The number of sulfonamides is 1. The zero-order valence-electron chi connectivity index (χ0n) is 11.5. The highest BCUT2D eigenvalue weighted by atomic mass is 32.2. The Labute approximate surface area is 119 Å². The molecule has 112 valence electrons. The van der Waals surface area contributed by atoms with Crippen LogP contribution in [0.2, 0.25) is 0 Å². The van der Waals surface area contributed by atoms with Crippen molar-refractivity contribution >= 4 is 10.0 Å². The lowest BCUT2D eigenvalue weighted by Gasteiger charge is -2.28. The fourth-order valence-corrected chi connectivity index (χ4v) is 3.95. The van der Waals surface area contributed by atoms with Crippen molar-refractivity contribution in [1.29, 1.82) is 0 Å². The van der Waals surface area contributed by atoms with Crippen molar-refractivity contribution in [3.8, 4) is 0 Å². The molecule has 1 aromatic rings. The van der Waals surface area contributed by atoms with Gasteiger partial charge < -0.3 is 5.32 Å². The van der Waals surface area contributed by atoms with E-state index in [1.165, 1.54) is 10.5 Å². The molecule has 0 aliphatic carbocycles. The monoisotopic (exact) mass is 301 g/mol. The lowest BCUT2D eigenvalue weighted by Crippen LogP contribution is -2.41. The molecule has 1 aromatic heterocycles. The Bertz CT molecular complexity index is 544. The summed E-state index contributed by atoms with van der Waals surface area (Å²) in [5.41, 5.74) is 0. The van der Waals surface area contributed by atoms with Gasteiger partial charge in [-0.2, -0.15) is 4.31 Å².